The molecule has 2 aliphatic heterocycles. The Morgan fingerprint density at radius 1 is 0.983 bits per heavy atom. The van der Waals surface area contributed by atoms with E-state index >= 15 is 0 Å². The Morgan fingerprint density at radius 3 is 2.22 bits per heavy atom. The number of likely N-dealkylation sites (N-methyl/N-ethyl adjacent to an activating group) is 2. The molecule has 308 valence electrons. The van der Waals surface area contributed by atoms with Crippen LogP contribution in [0, 0.1) is 5.92 Å². The van der Waals surface area contributed by atoms with Crippen molar-refractivity contribution in [1.82, 2.24) is 29.4 Å². The summed E-state index contributed by atoms with van der Waals surface area (Å²) in [5.41, 5.74) is 2.82. The zero-order valence-corrected chi connectivity index (χ0v) is 36.5. The van der Waals surface area contributed by atoms with Crippen molar-refractivity contribution >= 4 is 80.9 Å². The maximum atomic E-state index is 11.4. The number of fused-ring (bicyclic) bond motifs is 1. The molecule has 2 aromatic heterocycles. The van der Waals surface area contributed by atoms with Crippen molar-refractivity contribution in [2.24, 2.45) is 10.9 Å². The fourth-order valence-corrected chi connectivity index (χ4v) is 7.46. The van der Waals surface area contributed by atoms with Gasteiger partial charge in [-0.3, -0.25) is 14.6 Å². The van der Waals surface area contributed by atoms with Gasteiger partial charge in [-0.05, 0) is 88.7 Å². The summed E-state index contributed by atoms with van der Waals surface area (Å²) >= 11 is 10.5. The van der Waals surface area contributed by atoms with Gasteiger partial charge in [-0.1, -0.05) is 88.2 Å². The Morgan fingerprint density at radius 2 is 1.64 bits per heavy atom. The number of hydrogen-bond acceptors (Lipinski definition) is 11. The second kappa shape index (κ2) is 24.7. The lowest BCUT2D eigenvalue weighted by atomic mass is 9.91. The molecule has 5 aromatic rings. The van der Waals surface area contributed by atoms with E-state index in [1.807, 2.05) is 79.7 Å². The molecule has 11 nitrogen and oxygen atoms in total. The lowest BCUT2D eigenvalue weighted by Crippen LogP contribution is -2.49. The van der Waals surface area contributed by atoms with Gasteiger partial charge in [0, 0.05) is 72.9 Å². The molecule has 0 atom stereocenters. The highest BCUT2D eigenvalue weighted by molar-refractivity contribution is 9.10. The lowest BCUT2D eigenvalue weighted by molar-refractivity contribution is -0.112. The van der Waals surface area contributed by atoms with Gasteiger partial charge >= 0.3 is 0 Å². The van der Waals surface area contributed by atoms with Crippen molar-refractivity contribution < 1.29 is 19.5 Å². The molecule has 7 rings (SSSR count). The molecule has 58 heavy (non-hydrogen) atoms. The molecule has 2 fully saturated rings. The van der Waals surface area contributed by atoms with Crippen LogP contribution in [0.25, 0.3) is 22.2 Å². The van der Waals surface area contributed by atoms with E-state index in [0.717, 1.165) is 116 Å². The molecule has 4 heterocycles. The molecule has 3 aromatic carbocycles. The largest absolute Gasteiger partial charge is 0.388 e. The number of aliphatic hydroxyl groups is 1. The number of rotatable bonds is 11. The number of pyridine rings is 1. The molecule has 0 aliphatic carbocycles. The van der Waals surface area contributed by atoms with Crippen LogP contribution >= 0.6 is 39.1 Å². The van der Waals surface area contributed by atoms with E-state index in [0.29, 0.717) is 39.3 Å². The average molecular weight is 891 g/mol. The van der Waals surface area contributed by atoms with E-state index in [9.17, 15) is 19.5 Å². The quantitative estimate of drug-likeness (QED) is 0.0766. The molecule has 2 aliphatic rings. The van der Waals surface area contributed by atoms with Gasteiger partial charge in [0.1, 0.15) is 28.8 Å². The van der Waals surface area contributed by atoms with Gasteiger partial charge < -0.3 is 29.9 Å². The van der Waals surface area contributed by atoms with E-state index in [1.165, 1.54) is 0 Å². The Kier molecular flexibility index (Phi) is 19.8. The number of benzene rings is 3. The Bertz CT molecular complexity index is 1990. The first-order valence-electron chi connectivity index (χ1n) is 19.3. The van der Waals surface area contributed by atoms with Crippen molar-refractivity contribution in [1.29, 1.82) is 0 Å². The number of aldehydes is 3. The summed E-state index contributed by atoms with van der Waals surface area (Å²) in [6, 6.07) is 26.7. The van der Waals surface area contributed by atoms with Gasteiger partial charge in [0.2, 0.25) is 0 Å². The normalized spacial score (nSPS) is 15.6. The summed E-state index contributed by atoms with van der Waals surface area (Å²) in [6.07, 6.45) is 9.57. The Balaban J connectivity index is 0.000000198. The van der Waals surface area contributed by atoms with Crippen LogP contribution in [0.15, 0.2) is 101 Å². The van der Waals surface area contributed by atoms with E-state index in [-0.39, 0.29) is 0 Å². The average Bonchev–Trinajstić information content (AvgIpc) is 3.68. The molecule has 2 saturated heterocycles. The van der Waals surface area contributed by atoms with Crippen LogP contribution in [0.5, 0.6) is 0 Å². The number of aromatic nitrogens is 2. The van der Waals surface area contributed by atoms with Gasteiger partial charge in [-0.15, -0.1) is 0 Å². The maximum Gasteiger partial charge on any atom is 0.163 e. The Labute approximate surface area is 359 Å². The highest BCUT2D eigenvalue weighted by Crippen LogP contribution is 2.35. The molecule has 0 saturated carbocycles. The predicted octanol–water partition coefficient (Wildman–Crippen LogP) is 7.94. The third-order valence-corrected chi connectivity index (χ3v) is 11.4. The number of hydrogen-bond donors (Lipinski definition) is 2. The monoisotopic (exact) mass is 889 g/mol. The predicted molar refractivity (Wildman–Crippen MR) is 241 cm³/mol. The van der Waals surface area contributed by atoms with E-state index in [2.05, 4.69) is 52.4 Å². The van der Waals surface area contributed by atoms with E-state index < -0.39 is 5.60 Å². The van der Waals surface area contributed by atoms with Crippen molar-refractivity contribution in [2.75, 3.05) is 67.0 Å². The fourth-order valence-electron chi connectivity index (χ4n) is 6.32. The number of carbonyl (C=O) groups is 3. The van der Waals surface area contributed by atoms with Gasteiger partial charge in [-0.2, -0.15) is 4.37 Å². The summed E-state index contributed by atoms with van der Waals surface area (Å²) in [6.45, 7) is 6.62. The van der Waals surface area contributed by atoms with Crippen LogP contribution in [0.1, 0.15) is 45.7 Å². The van der Waals surface area contributed by atoms with Crippen LogP contribution in [0.4, 0.5) is 5.69 Å². The molecule has 0 spiro atoms. The number of piperidine rings is 2. The minimum Gasteiger partial charge on any atom is -0.388 e. The lowest BCUT2D eigenvalue weighted by Gasteiger charge is -2.38. The summed E-state index contributed by atoms with van der Waals surface area (Å²) in [5.74, 6) is 0.329. The van der Waals surface area contributed by atoms with Crippen molar-refractivity contribution in [2.45, 2.75) is 31.3 Å². The second-order valence-corrected chi connectivity index (χ2v) is 16.4. The first-order chi connectivity index (χ1) is 28.1. The van der Waals surface area contributed by atoms with Crippen LogP contribution in [-0.2, 0) is 4.79 Å². The zero-order chi connectivity index (χ0) is 41.8. The summed E-state index contributed by atoms with van der Waals surface area (Å²) in [4.78, 5) is 48.0. The minimum atomic E-state index is -0.706. The number of nitrogens with zero attached hydrogens (tertiary/aromatic N) is 6. The van der Waals surface area contributed by atoms with Crippen LogP contribution in [0.3, 0.4) is 0 Å². The highest BCUT2D eigenvalue weighted by atomic mass is 79.9. The summed E-state index contributed by atoms with van der Waals surface area (Å²) < 4.78 is 5.39. The number of likely N-dealkylation sites (tertiary alicyclic amines) is 2. The van der Waals surface area contributed by atoms with Crippen molar-refractivity contribution in [3.8, 4) is 11.3 Å². The third-order valence-electron chi connectivity index (χ3n) is 9.78. The van der Waals surface area contributed by atoms with Crippen molar-refractivity contribution in [3.05, 3.63) is 111 Å². The van der Waals surface area contributed by atoms with Crippen LogP contribution < -0.4 is 5.32 Å². The van der Waals surface area contributed by atoms with E-state index in [1.54, 1.807) is 36.8 Å². The van der Waals surface area contributed by atoms with Crippen molar-refractivity contribution in [3.63, 3.8) is 0 Å². The van der Waals surface area contributed by atoms with Crippen LogP contribution in [0.2, 0.25) is 5.02 Å². The number of carbonyl (C=O) groups excluding carboxylic acids is 3. The minimum absolute atomic E-state index is 0.329. The third kappa shape index (κ3) is 15.2. The molecule has 2 N–H and O–H groups in total. The number of nitrogens with one attached hydrogen (secondary N) is 1. The fraction of sp³-hybridized carbons (Fsp3) is 0.364. The van der Waals surface area contributed by atoms with Gasteiger partial charge in [-0.25, -0.2) is 4.99 Å². The molecule has 14 heteroatoms. The SMILES string of the molecule is CN(C=Nc1c(-c2ccc(Br)cc2)nsc1C=O)CC1(O)CCN(C)CC1.CNCCN1CCC(C=O)CC1.O=Cc1ccc2c(Cl)ccnc2c1.c1ccccc1. The molecular formula is C44H53BrClN7O4S. The first kappa shape index (κ1) is 46.5. The first-order valence-corrected chi connectivity index (χ1v) is 21.2. The molecule has 0 unspecified atom stereocenters. The number of halogens is 2. The van der Waals surface area contributed by atoms with E-state index in [4.69, 9.17) is 11.6 Å². The summed E-state index contributed by atoms with van der Waals surface area (Å²) in [5, 5.41) is 15.4. The molecular weight excluding hydrogens is 838 g/mol. The standard InChI is InChI=1S/C19H23BrN4O2S.C10H6ClNO.C9H18N2O.C6H6/c1-23-9-7-19(26,8-10-23)12-24(2)13-21-18-16(11-25)27-22-17(18)14-3-5-15(20)6-4-14;11-9-3-4-12-10-5-7(6-13)1-2-8(9)10;1-10-4-7-11-5-2-9(8-12)3-6-11;1-2-4-6-5-3-1/h3-6,11,13,26H,7-10,12H2,1-2H3;1-6H;8-10H,2-7H2,1H3;1-6H. The van der Waals surface area contributed by atoms with Gasteiger partial charge in [0.05, 0.1) is 22.5 Å². The molecule has 0 bridgehead atoms. The topological polar surface area (TPSA) is 131 Å². The number of aliphatic imine (C=N–C) groups is 1. The highest BCUT2D eigenvalue weighted by Gasteiger charge is 2.32. The van der Waals surface area contributed by atoms with Gasteiger partial charge in [0.25, 0.3) is 0 Å². The zero-order valence-electron chi connectivity index (χ0n) is 33.3. The maximum absolute atomic E-state index is 11.4. The molecule has 0 radical (unpaired) electrons. The summed E-state index contributed by atoms with van der Waals surface area (Å²) in [7, 11) is 5.93. The van der Waals surface area contributed by atoms with Gasteiger partial charge in [0.15, 0.2) is 6.29 Å². The Hall–Kier alpha value is -4.21. The second-order valence-electron chi connectivity index (χ2n) is 14.3. The smallest absolute Gasteiger partial charge is 0.163 e. The van der Waals surface area contributed by atoms with Crippen LogP contribution in [-0.4, -0.2) is 127 Å². The molecule has 0 amide bonds.